The number of carbonyl (C=O) groups is 2. The van der Waals surface area contributed by atoms with Gasteiger partial charge in [-0.15, -0.1) is 0 Å². The van der Waals surface area contributed by atoms with Crippen molar-refractivity contribution in [3.8, 4) is 0 Å². The van der Waals surface area contributed by atoms with Crippen molar-refractivity contribution in [2.45, 2.75) is 32.7 Å². The number of benzene rings is 1. The molecule has 0 heterocycles. The summed E-state index contributed by atoms with van der Waals surface area (Å²) in [7, 11) is 0. The SMILES string of the molecule is CC(C)(C)N(CCC(=O)O)C(=O)c1ccc(Br)cc1Cl. The van der Waals surface area contributed by atoms with Crippen LogP contribution in [0.2, 0.25) is 5.02 Å². The number of carboxylic acids is 1. The van der Waals surface area contributed by atoms with E-state index < -0.39 is 11.5 Å². The van der Waals surface area contributed by atoms with Crippen molar-refractivity contribution in [2.24, 2.45) is 0 Å². The Morgan fingerprint density at radius 1 is 1.35 bits per heavy atom. The van der Waals surface area contributed by atoms with Gasteiger partial charge in [0.1, 0.15) is 0 Å². The Balaban J connectivity index is 3.07. The van der Waals surface area contributed by atoms with Gasteiger partial charge in [-0.3, -0.25) is 9.59 Å². The molecule has 1 amide bonds. The minimum absolute atomic E-state index is 0.100. The molecule has 0 aliphatic rings. The van der Waals surface area contributed by atoms with Gasteiger partial charge in [-0.25, -0.2) is 0 Å². The zero-order valence-corrected chi connectivity index (χ0v) is 14.0. The number of carbonyl (C=O) groups excluding carboxylic acids is 1. The normalized spacial score (nSPS) is 11.2. The summed E-state index contributed by atoms with van der Waals surface area (Å²) in [5.41, 5.74) is -0.113. The van der Waals surface area contributed by atoms with Crippen LogP contribution in [-0.4, -0.2) is 34.0 Å². The van der Waals surface area contributed by atoms with Crippen molar-refractivity contribution in [1.29, 1.82) is 0 Å². The summed E-state index contributed by atoms with van der Waals surface area (Å²) >= 11 is 9.37. The standard InChI is InChI=1S/C14H17BrClNO3/c1-14(2,3)17(7-6-12(18)19)13(20)10-5-4-9(15)8-11(10)16/h4-5,8H,6-7H2,1-3H3,(H,18,19). The molecule has 1 rings (SSSR count). The Bertz CT molecular complexity index is 526. The highest BCUT2D eigenvalue weighted by Crippen LogP contribution is 2.25. The average Bonchev–Trinajstić information content (AvgIpc) is 2.26. The van der Waals surface area contributed by atoms with E-state index in [2.05, 4.69) is 15.9 Å². The predicted molar refractivity (Wildman–Crippen MR) is 82.2 cm³/mol. The molecule has 0 saturated heterocycles. The molecule has 0 aliphatic heterocycles. The lowest BCUT2D eigenvalue weighted by Crippen LogP contribution is -2.46. The summed E-state index contributed by atoms with van der Waals surface area (Å²) in [6, 6.07) is 5.01. The summed E-state index contributed by atoms with van der Waals surface area (Å²) in [6.07, 6.45) is -0.100. The number of hydrogen-bond donors (Lipinski definition) is 1. The summed E-state index contributed by atoms with van der Waals surface area (Å²) in [5.74, 6) is -1.20. The first kappa shape index (κ1) is 17.0. The van der Waals surface area contributed by atoms with Gasteiger partial charge in [-0.2, -0.15) is 0 Å². The molecule has 0 aromatic heterocycles. The third kappa shape index (κ3) is 4.49. The van der Waals surface area contributed by atoms with E-state index in [-0.39, 0.29) is 18.9 Å². The molecule has 0 aliphatic carbocycles. The third-order valence-electron chi connectivity index (χ3n) is 2.77. The number of rotatable bonds is 4. The maximum absolute atomic E-state index is 12.6. The van der Waals surface area contributed by atoms with Gasteiger partial charge in [0.15, 0.2) is 0 Å². The lowest BCUT2D eigenvalue weighted by Gasteiger charge is -2.35. The summed E-state index contributed by atoms with van der Waals surface area (Å²) in [6.45, 7) is 5.72. The molecule has 0 bridgehead atoms. The van der Waals surface area contributed by atoms with E-state index >= 15 is 0 Å². The minimum atomic E-state index is -0.936. The zero-order chi connectivity index (χ0) is 15.5. The largest absolute Gasteiger partial charge is 0.481 e. The Labute approximate surface area is 131 Å². The number of carboxylic acid groups (broad SMARTS) is 1. The quantitative estimate of drug-likeness (QED) is 0.886. The van der Waals surface area contributed by atoms with Gasteiger partial charge in [-0.05, 0) is 39.0 Å². The summed E-state index contributed by atoms with van der Waals surface area (Å²) in [4.78, 5) is 24.8. The zero-order valence-electron chi connectivity index (χ0n) is 11.6. The smallest absolute Gasteiger partial charge is 0.305 e. The van der Waals surface area contributed by atoms with Crippen LogP contribution < -0.4 is 0 Å². The van der Waals surface area contributed by atoms with Crippen LogP contribution in [0.25, 0.3) is 0 Å². The molecule has 4 nitrogen and oxygen atoms in total. The average molecular weight is 363 g/mol. The van der Waals surface area contributed by atoms with E-state index in [0.29, 0.717) is 10.6 Å². The molecule has 0 fully saturated rings. The van der Waals surface area contributed by atoms with Crippen LogP contribution in [0.4, 0.5) is 0 Å². The highest BCUT2D eigenvalue weighted by molar-refractivity contribution is 9.10. The highest BCUT2D eigenvalue weighted by Gasteiger charge is 2.28. The fourth-order valence-corrected chi connectivity index (χ4v) is 2.51. The Morgan fingerprint density at radius 2 is 1.95 bits per heavy atom. The Morgan fingerprint density at radius 3 is 2.40 bits per heavy atom. The van der Waals surface area contributed by atoms with Crippen LogP contribution in [0.1, 0.15) is 37.6 Å². The van der Waals surface area contributed by atoms with Crippen molar-refractivity contribution in [2.75, 3.05) is 6.54 Å². The highest BCUT2D eigenvalue weighted by atomic mass is 79.9. The number of hydrogen-bond acceptors (Lipinski definition) is 2. The van der Waals surface area contributed by atoms with Crippen molar-refractivity contribution in [1.82, 2.24) is 4.90 Å². The molecule has 0 radical (unpaired) electrons. The lowest BCUT2D eigenvalue weighted by atomic mass is 10.0. The van der Waals surface area contributed by atoms with Gasteiger partial charge in [0, 0.05) is 16.6 Å². The fourth-order valence-electron chi connectivity index (χ4n) is 1.76. The van der Waals surface area contributed by atoms with Crippen molar-refractivity contribution < 1.29 is 14.7 Å². The lowest BCUT2D eigenvalue weighted by molar-refractivity contribution is -0.137. The molecule has 0 atom stereocenters. The maximum atomic E-state index is 12.6. The van der Waals surface area contributed by atoms with E-state index in [1.54, 1.807) is 18.2 Å². The second-order valence-corrected chi connectivity index (χ2v) is 6.72. The van der Waals surface area contributed by atoms with Crippen LogP contribution in [0.5, 0.6) is 0 Å². The Hall–Kier alpha value is -1.07. The first-order valence-corrected chi connectivity index (χ1v) is 7.29. The van der Waals surface area contributed by atoms with Crippen LogP contribution in [0, 0.1) is 0 Å². The van der Waals surface area contributed by atoms with Gasteiger partial charge in [0.25, 0.3) is 5.91 Å². The fraction of sp³-hybridized carbons (Fsp3) is 0.429. The van der Waals surface area contributed by atoms with Gasteiger partial charge in [0.05, 0.1) is 17.0 Å². The van der Waals surface area contributed by atoms with E-state index in [9.17, 15) is 9.59 Å². The van der Waals surface area contributed by atoms with Crippen molar-refractivity contribution in [3.63, 3.8) is 0 Å². The molecule has 6 heteroatoms. The predicted octanol–water partition coefficient (Wildman–Crippen LogP) is 3.82. The minimum Gasteiger partial charge on any atom is -0.481 e. The van der Waals surface area contributed by atoms with Crippen molar-refractivity contribution >= 4 is 39.4 Å². The van der Waals surface area contributed by atoms with Crippen LogP contribution in [-0.2, 0) is 4.79 Å². The second-order valence-electron chi connectivity index (χ2n) is 5.40. The molecule has 0 spiro atoms. The monoisotopic (exact) mass is 361 g/mol. The van der Waals surface area contributed by atoms with Crippen molar-refractivity contribution in [3.05, 3.63) is 33.3 Å². The molecular formula is C14H17BrClNO3. The molecule has 20 heavy (non-hydrogen) atoms. The first-order valence-electron chi connectivity index (χ1n) is 6.11. The van der Waals surface area contributed by atoms with Crippen LogP contribution in [0.15, 0.2) is 22.7 Å². The maximum Gasteiger partial charge on any atom is 0.305 e. The number of aliphatic carboxylic acids is 1. The molecular weight excluding hydrogens is 346 g/mol. The van der Waals surface area contributed by atoms with Gasteiger partial charge >= 0.3 is 5.97 Å². The van der Waals surface area contributed by atoms with Gasteiger partial charge in [-0.1, -0.05) is 27.5 Å². The van der Waals surface area contributed by atoms with E-state index in [4.69, 9.17) is 16.7 Å². The van der Waals surface area contributed by atoms with Crippen LogP contribution in [0.3, 0.4) is 0 Å². The molecule has 1 aromatic carbocycles. The molecule has 0 unspecified atom stereocenters. The van der Waals surface area contributed by atoms with Gasteiger partial charge < -0.3 is 10.0 Å². The topological polar surface area (TPSA) is 57.6 Å². The number of nitrogens with zero attached hydrogens (tertiary/aromatic N) is 1. The summed E-state index contributed by atoms with van der Waals surface area (Å²) in [5, 5.41) is 9.14. The van der Waals surface area contributed by atoms with E-state index in [1.807, 2.05) is 20.8 Å². The molecule has 1 aromatic rings. The molecule has 1 N–H and O–H groups in total. The summed E-state index contributed by atoms with van der Waals surface area (Å²) < 4.78 is 0.784. The van der Waals surface area contributed by atoms with Crippen LogP contribution >= 0.6 is 27.5 Å². The second kappa shape index (κ2) is 6.59. The third-order valence-corrected chi connectivity index (χ3v) is 3.57. The number of halogens is 2. The Kier molecular flexibility index (Phi) is 5.59. The van der Waals surface area contributed by atoms with Gasteiger partial charge in [0.2, 0.25) is 0 Å². The molecule has 0 saturated carbocycles. The number of amides is 1. The molecule has 110 valence electrons. The van der Waals surface area contributed by atoms with E-state index in [1.165, 1.54) is 4.90 Å². The van der Waals surface area contributed by atoms with E-state index in [0.717, 1.165) is 4.47 Å². The first-order chi connectivity index (χ1) is 9.12.